The van der Waals surface area contributed by atoms with E-state index in [0.29, 0.717) is 19.8 Å². The molecule has 0 radical (unpaired) electrons. The van der Waals surface area contributed by atoms with Crippen molar-refractivity contribution in [3.8, 4) is 11.5 Å². The zero-order chi connectivity index (χ0) is 18.5. The van der Waals surface area contributed by atoms with Gasteiger partial charge in [0, 0.05) is 12.7 Å². The van der Waals surface area contributed by atoms with E-state index < -0.39 is 0 Å². The van der Waals surface area contributed by atoms with E-state index in [4.69, 9.17) is 9.47 Å². The van der Waals surface area contributed by atoms with Crippen molar-refractivity contribution in [1.82, 2.24) is 5.32 Å². The molecule has 1 amide bonds. The molecule has 0 aliphatic carbocycles. The van der Waals surface area contributed by atoms with Crippen LogP contribution < -0.4 is 19.7 Å². The zero-order valence-electron chi connectivity index (χ0n) is 15.6. The summed E-state index contributed by atoms with van der Waals surface area (Å²) in [6, 6.07) is 15.7. The largest absolute Gasteiger partial charge is 0.486 e. The van der Waals surface area contributed by atoms with Gasteiger partial charge in [0.2, 0.25) is 5.91 Å². The van der Waals surface area contributed by atoms with Crippen molar-refractivity contribution < 1.29 is 14.3 Å². The van der Waals surface area contributed by atoms with Crippen LogP contribution in [0.25, 0.3) is 0 Å². The normalized spacial score (nSPS) is 14.0. The standard InChI is InChI=1S/C21H26N2O3/c1-15(2)21(16-9-10-18-19(13-16)26-12-11-25-18)22-20(24)14-23(3)17-7-5-4-6-8-17/h4-10,13,15,21H,11-12,14H2,1-3H3,(H,22,24). The lowest BCUT2D eigenvalue weighted by atomic mass is 9.95. The number of amides is 1. The maximum atomic E-state index is 12.6. The number of hydrogen-bond donors (Lipinski definition) is 1. The summed E-state index contributed by atoms with van der Waals surface area (Å²) in [5.41, 5.74) is 2.04. The molecule has 1 atom stereocenters. The predicted octanol–water partition coefficient (Wildman–Crippen LogP) is 3.41. The molecule has 1 aliphatic heterocycles. The van der Waals surface area contributed by atoms with Crippen LogP contribution in [0.2, 0.25) is 0 Å². The maximum absolute atomic E-state index is 12.6. The fraction of sp³-hybridized carbons (Fsp3) is 0.381. The molecule has 0 saturated heterocycles. The molecule has 1 heterocycles. The van der Waals surface area contributed by atoms with E-state index in [9.17, 15) is 4.79 Å². The summed E-state index contributed by atoms with van der Waals surface area (Å²) in [5.74, 6) is 1.75. The second-order valence-corrected chi connectivity index (χ2v) is 6.88. The Hall–Kier alpha value is -2.69. The van der Waals surface area contributed by atoms with Crippen LogP contribution in [0.3, 0.4) is 0 Å². The summed E-state index contributed by atoms with van der Waals surface area (Å²) in [6.07, 6.45) is 0. The van der Waals surface area contributed by atoms with Gasteiger partial charge >= 0.3 is 0 Å². The average Bonchev–Trinajstić information content (AvgIpc) is 2.66. The Morgan fingerprint density at radius 3 is 2.46 bits per heavy atom. The molecule has 5 nitrogen and oxygen atoms in total. The number of likely N-dealkylation sites (N-methyl/N-ethyl adjacent to an activating group) is 1. The Balaban J connectivity index is 1.69. The monoisotopic (exact) mass is 354 g/mol. The minimum atomic E-state index is -0.0810. The second-order valence-electron chi connectivity index (χ2n) is 6.88. The van der Waals surface area contributed by atoms with Gasteiger partial charge in [-0.05, 0) is 35.7 Å². The van der Waals surface area contributed by atoms with Gasteiger partial charge in [0.15, 0.2) is 11.5 Å². The van der Waals surface area contributed by atoms with E-state index in [2.05, 4.69) is 19.2 Å². The highest BCUT2D eigenvalue weighted by molar-refractivity contribution is 5.81. The first-order chi connectivity index (χ1) is 12.5. The third kappa shape index (κ3) is 4.28. The molecular formula is C21H26N2O3. The first kappa shape index (κ1) is 18.1. The number of rotatable bonds is 6. The van der Waals surface area contributed by atoms with Crippen LogP contribution in [0, 0.1) is 5.92 Å². The summed E-state index contributed by atoms with van der Waals surface area (Å²) >= 11 is 0. The molecule has 138 valence electrons. The molecular weight excluding hydrogens is 328 g/mol. The van der Waals surface area contributed by atoms with Crippen LogP contribution in [0.1, 0.15) is 25.5 Å². The quantitative estimate of drug-likeness (QED) is 0.864. The highest BCUT2D eigenvalue weighted by atomic mass is 16.6. The van der Waals surface area contributed by atoms with Gasteiger partial charge in [-0.3, -0.25) is 4.79 Å². The molecule has 0 saturated carbocycles. The van der Waals surface area contributed by atoms with Gasteiger partial charge in [-0.15, -0.1) is 0 Å². The topological polar surface area (TPSA) is 50.8 Å². The Morgan fingerprint density at radius 1 is 1.08 bits per heavy atom. The van der Waals surface area contributed by atoms with Crippen LogP contribution in [0.5, 0.6) is 11.5 Å². The van der Waals surface area contributed by atoms with Crippen molar-refractivity contribution in [1.29, 1.82) is 0 Å². The van der Waals surface area contributed by atoms with Gasteiger partial charge in [-0.2, -0.15) is 0 Å². The first-order valence-electron chi connectivity index (χ1n) is 8.99. The number of para-hydroxylation sites is 1. The third-order valence-electron chi connectivity index (χ3n) is 4.49. The summed E-state index contributed by atoms with van der Waals surface area (Å²) in [4.78, 5) is 14.5. The van der Waals surface area contributed by atoms with Crippen molar-refractivity contribution in [3.63, 3.8) is 0 Å². The Bertz CT molecular complexity index is 746. The van der Waals surface area contributed by atoms with Crippen molar-refractivity contribution in [2.24, 2.45) is 5.92 Å². The van der Waals surface area contributed by atoms with Crippen LogP contribution >= 0.6 is 0 Å². The minimum Gasteiger partial charge on any atom is -0.486 e. The molecule has 0 spiro atoms. The molecule has 2 aromatic carbocycles. The number of nitrogens with one attached hydrogen (secondary N) is 1. The Kier molecular flexibility index (Phi) is 5.66. The van der Waals surface area contributed by atoms with Crippen molar-refractivity contribution in [3.05, 3.63) is 54.1 Å². The molecule has 1 aliphatic rings. The number of ether oxygens (including phenoxy) is 2. The van der Waals surface area contributed by atoms with E-state index in [1.807, 2.05) is 60.5 Å². The minimum absolute atomic E-state index is 0.00931. The lowest BCUT2D eigenvalue weighted by Crippen LogP contribution is -2.39. The van der Waals surface area contributed by atoms with Crippen molar-refractivity contribution in [2.75, 3.05) is 31.7 Å². The summed E-state index contributed by atoms with van der Waals surface area (Å²) in [5, 5.41) is 3.16. The van der Waals surface area contributed by atoms with Crippen LogP contribution in [-0.4, -0.2) is 32.7 Å². The molecule has 0 aromatic heterocycles. The molecule has 1 unspecified atom stereocenters. The SMILES string of the molecule is CC(C)C(NC(=O)CN(C)c1ccccc1)c1ccc2c(c1)OCCO2. The number of carbonyl (C=O) groups is 1. The number of anilines is 1. The fourth-order valence-electron chi connectivity index (χ4n) is 3.10. The third-order valence-corrected chi connectivity index (χ3v) is 4.49. The van der Waals surface area contributed by atoms with Gasteiger partial charge in [0.25, 0.3) is 0 Å². The molecule has 5 heteroatoms. The molecule has 0 fully saturated rings. The van der Waals surface area contributed by atoms with Gasteiger partial charge < -0.3 is 19.7 Å². The lowest BCUT2D eigenvalue weighted by molar-refractivity contribution is -0.120. The lowest BCUT2D eigenvalue weighted by Gasteiger charge is -2.27. The Labute approximate surface area is 154 Å². The predicted molar refractivity (Wildman–Crippen MR) is 103 cm³/mol. The van der Waals surface area contributed by atoms with Gasteiger partial charge in [0.1, 0.15) is 13.2 Å². The van der Waals surface area contributed by atoms with E-state index >= 15 is 0 Å². The van der Waals surface area contributed by atoms with Crippen LogP contribution in [0.4, 0.5) is 5.69 Å². The van der Waals surface area contributed by atoms with Crippen LogP contribution in [-0.2, 0) is 4.79 Å². The Morgan fingerprint density at radius 2 is 1.77 bits per heavy atom. The first-order valence-corrected chi connectivity index (χ1v) is 8.99. The van der Waals surface area contributed by atoms with Gasteiger partial charge in [-0.1, -0.05) is 38.1 Å². The van der Waals surface area contributed by atoms with Crippen molar-refractivity contribution in [2.45, 2.75) is 19.9 Å². The molecule has 0 bridgehead atoms. The van der Waals surface area contributed by atoms with E-state index in [0.717, 1.165) is 22.7 Å². The van der Waals surface area contributed by atoms with E-state index in [-0.39, 0.29) is 17.9 Å². The smallest absolute Gasteiger partial charge is 0.239 e. The van der Waals surface area contributed by atoms with E-state index in [1.54, 1.807) is 0 Å². The highest BCUT2D eigenvalue weighted by Gasteiger charge is 2.22. The number of hydrogen-bond acceptors (Lipinski definition) is 4. The number of fused-ring (bicyclic) bond motifs is 1. The zero-order valence-corrected chi connectivity index (χ0v) is 15.6. The van der Waals surface area contributed by atoms with E-state index in [1.165, 1.54) is 0 Å². The maximum Gasteiger partial charge on any atom is 0.239 e. The number of carbonyl (C=O) groups excluding carboxylic acids is 1. The van der Waals surface area contributed by atoms with Gasteiger partial charge in [0.05, 0.1) is 12.6 Å². The van der Waals surface area contributed by atoms with Crippen LogP contribution in [0.15, 0.2) is 48.5 Å². The molecule has 26 heavy (non-hydrogen) atoms. The summed E-state index contributed by atoms with van der Waals surface area (Å²) in [7, 11) is 1.92. The van der Waals surface area contributed by atoms with Gasteiger partial charge in [-0.25, -0.2) is 0 Å². The van der Waals surface area contributed by atoms with Crippen molar-refractivity contribution >= 4 is 11.6 Å². The fourth-order valence-corrected chi connectivity index (χ4v) is 3.10. The molecule has 2 aromatic rings. The average molecular weight is 354 g/mol. The highest BCUT2D eigenvalue weighted by Crippen LogP contribution is 2.34. The summed E-state index contributed by atoms with van der Waals surface area (Å²) < 4.78 is 11.3. The summed E-state index contributed by atoms with van der Waals surface area (Å²) in [6.45, 7) is 5.63. The molecule has 3 rings (SSSR count). The second kappa shape index (κ2) is 8.13. The molecule has 1 N–H and O–H groups in total. The number of benzene rings is 2. The number of nitrogens with zero attached hydrogens (tertiary/aromatic N) is 1.